The van der Waals surface area contributed by atoms with Crippen LogP contribution in [0.25, 0.3) is 0 Å². The summed E-state index contributed by atoms with van der Waals surface area (Å²) < 4.78 is 55.8. The van der Waals surface area contributed by atoms with Gasteiger partial charge in [-0.2, -0.15) is 8.42 Å². The smallest absolute Gasteiger partial charge is 0.305 e. The maximum absolute atomic E-state index is 12.0. The zero-order valence-electron chi connectivity index (χ0n) is 24.0. The molecule has 9 nitrogen and oxygen atoms in total. The van der Waals surface area contributed by atoms with Crippen LogP contribution in [0.2, 0.25) is 0 Å². The third-order valence-corrected chi connectivity index (χ3v) is 7.19. The first kappa shape index (κ1) is 35.5. The van der Waals surface area contributed by atoms with E-state index in [4.69, 9.17) is 27.9 Å². The van der Waals surface area contributed by atoms with Gasteiger partial charge in [-0.15, -0.1) is 0 Å². The van der Waals surface area contributed by atoms with Gasteiger partial charge in [0.25, 0.3) is 10.1 Å². The van der Waals surface area contributed by atoms with E-state index in [0.717, 1.165) is 18.4 Å². The van der Waals surface area contributed by atoms with Gasteiger partial charge in [0.15, 0.2) is 0 Å². The molecule has 0 aliphatic rings. The van der Waals surface area contributed by atoms with Crippen LogP contribution in [0.3, 0.4) is 0 Å². The normalized spacial score (nSPS) is 11.6. The van der Waals surface area contributed by atoms with Crippen LogP contribution in [0, 0.1) is 6.92 Å². The van der Waals surface area contributed by atoms with Gasteiger partial charge >= 0.3 is 5.97 Å². The lowest BCUT2D eigenvalue weighted by atomic mass is 10.1. The van der Waals surface area contributed by atoms with Crippen molar-refractivity contribution in [2.45, 2.75) is 83.0 Å². The molecule has 0 heterocycles. The number of carbonyl (C=O) groups excluding carboxylic acids is 1. The summed E-state index contributed by atoms with van der Waals surface area (Å²) in [6, 6.07) is 6.48. The van der Waals surface area contributed by atoms with Crippen molar-refractivity contribution >= 4 is 16.1 Å². The van der Waals surface area contributed by atoms with Crippen LogP contribution in [0.1, 0.15) is 76.7 Å². The van der Waals surface area contributed by atoms with Gasteiger partial charge in [-0.1, -0.05) is 76.0 Å². The Hall–Kier alpha value is -1.56. The molecule has 10 heteroatoms. The van der Waals surface area contributed by atoms with Gasteiger partial charge in [0.1, 0.15) is 6.61 Å². The van der Waals surface area contributed by atoms with E-state index in [1.54, 1.807) is 12.1 Å². The molecule has 0 aromatic heterocycles. The quantitative estimate of drug-likeness (QED) is 0.0793. The average Bonchev–Trinajstić information content (AvgIpc) is 2.92. The Morgan fingerprint density at radius 1 is 0.615 bits per heavy atom. The third-order valence-electron chi connectivity index (χ3n) is 5.87. The number of rotatable bonds is 27. The van der Waals surface area contributed by atoms with Crippen LogP contribution in [-0.2, 0) is 42.8 Å². The van der Waals surface area contributed by atoms with Crippen LogP contribution in [0.15, 0.2) is 29.2 Å². The van der Waals surface area contributed by atoms with Gasteiger partial charge in [0.05, 0.1) is 64.4 Å². The van der Waals surface area contributed by atoms with Crippen LogP contribution in [0.5, 0.6) is 0 Å². The molecular weight excluding hydrogens is 524 g/mol. The molecule has 39 heavy (non-hydrogen) atoms. The van der Waals surface area contributed by atoms with Crippen LogP contribution in [0.4, 0.5) is 0 Å². The van der Waals surface area contributed by atoms with Crippen molar-refractivity contribution in [2.24, 2.45) is 0 Å². The summed E-state index contributed by atoms with van der Waals surface area (Å²) in [5.41, 5.74) is 0.977. The second-order valence-electron chi connectivity index (χ2n) is 9.34. The predicted octanol–water partition coefficient (Wildman–Crippen LogP) is 5.23. The van der Waals surface area contributed by atoms with Gasteiger partial charge < -0.3 is 23.7 Å². The molecule has 1 aromatic carbocycles. The zero-order chi connectivity index (χ0) is 28.4. The standard InChI is InChI=1S/C29H50O9S/c1-3-4-5-6-7-8-9-10-11-12-29(30)37-25-23-35-21-19-33-17-18-34-20-22-36-24-26-38-39(31,32)28-15-13-27(2)14-16-28/h13-16H,3-12,17-26H2,1-2H3. The number of benzene rings is 1. The Kier molecular flexibility index (Phi) is 22.1. The monoisotopic (exact) mass is 574 g/mol. The second kappa shape index (κ2) is 24.3. The summed E-state index contributed by atoms with van der Waals surface area (Å²) in [6.45, 7) is 7.22. The number of hydrogen-bond donors (Lipinski definition) is 0. The molecule has 0 atom stereocenters. The van der Waals surface area contributed by atoms with Gasteiger partial charge in [-0.25, -0.2) is 0 Å². The van der Waals surface area contributed by atoms with Gasteiger partial charge in [0, 0.05) is 6.42 Å². The lowest BCUT2D eigenvalue weighted by molar-refractivity contribution is -0.145. The van der Waals surface area contributed by atoms with Crippen LogP contribution >= 0.6 is 0 Å². The number of esters is 1. The molecule has 0 aliphatic heterocycles. The summed E-state index contributed by atoms with van der Waals surface area (Å²) in [6.07, 6.45) is 11.5. The first-order valence-electron chi connectivity index (χ1n) is 14.4. The highest BCUT2D eigenvalue weighted by Gasteiger charge is 2.14. The van der Waals surface area contributed by atoms with E-state index in [9.17, 15) is 13.2 Å². The second-order valence-corrected chi connectivity index (χ2v) is 11.0. The highest BCUT2D eigenvalue weighted by atomic mass is 32.2. The Morgan fingerprint density at radius 2 is 1.05 bits per heavy atom. The van der Waals surface area contributed by atoms with E-state index < -0.39 is 10.1 Å². The fourth-order valence-electron chi connectivity index (χ4n) is 3.60. The third kappa shape index (κ3) is 20.9. The van der Waals surface area contributed by atoms with Crippen molar-refractivity contribution in [3.63, 3.8) is 0 Å². The number of aryl methyl sites for hydroxylation is 1. The van der Waals surface area contributed by atoms with E-state index >= 15 is 0 Å². The molecule has 0 N–H and O–H groups in total. The summed E-state index contributed by atoms with van der Waals surface area (Å²) in [4.78, 5) is 11.9. The number of ether oxygens (including phenoxy) is 5. The van der Waals surface area contributed by atoms with E-state index in [1.807, 2.05) is 6.92 Å². The maximum atomic E-state index is 12.0. The van der Waals surface area contributed by atoms with Crippen molar-refractivity contribution in [3.8, 4) is 0 Å². The zero-order valence-corrected chi connectivity index (χ0v) is 24.9. The molecular formula is C29H50O9S. The minimum absolute atomic E-state index is 0.0577. The average molecular weight is 575 g/mol. The molecule has 1 rings (SSSR count). The Balaban J connectivity index is 1.78. The summed E-state index contributed by atoms with van der Waals surface area (Å²) in [7, 11) is -3.77. The largest absolute Gasteiger partial charge is 0.463 e. The Morgan fingerprint density at radius 3 is 1.56 bits per heavy atom. The number of hydrogen-bond acceptors (Lipinski definition) is 9. The fraction of sp³-hybridized carbons (Fsp3) is 0.759. The predicted molar refractivity (Wildman–Crippen MR) is 150 cm³/mol. The minimum Gasteiger partial charge on any atom is -0.463 e. The number of carbonyl (C=O) groups is 1. The fourth-order valence-corrected chi connectivity index (χ4v) is 4.50. The number of unbranched alkanes of at least 4 members (excludes halogenated alkanes) is 8. The molecule has 0 aliphatic carbocycles. The van der Waals surface area contributed by atoms with E-state index in [0.29, 0.717) is 52.7 Å². The Bertz CT molecular complexity index is 813. The summed E-state index contributed by atoms with van der Waals surface area (Å²) >= 11 is 0. The van der Waals surface area contributed by atoms with Gasteiger partial charge in [-0.3, -0.25) is 8.98 Å². The molecule has 1 aromatic rings. The van der Waals surface area contributed by atoms with Crippen molar-refractivity contribution in [3.05, 3.63) is 29.8 Å². The molecule has 0 amide bonds. The van der Waals surface area contributed by atoms with Crippen molar-refractivity contribution in [1.29, 1.82) is 0 Å². The molecule has 0 bridgehead atoms. The first-order valence-corrected chi connectivity index (χ1v) is 15.8. The first-order chi connectivity index (χ1) is 19.0. The summed E-state index contributed by atoms with van der Waals surface area (Å²) in [5, 5.41) is 0. The minimum atomic E-state index is -3.77. The van der Waals surface area contributed by atoms with Crippen molar-refractivity contribution < 1.29 is 41.1 Å². The van der Waals surface area contributed by atoms with Gasteiger partial charge in [-0.05, 0) is 25.5 Å². The van der Waals surface area contributed by atoms with E-state index in [1.165, 1.54) is 57.1 Å². The van der Waals surface area contributed by atoms with E-state index in [2.05, 4.69) is 6.92 Å². The molecule has 0 fully saturated rings. The molecule has 0 radical (unpaired) electrons. The van der Waals surface area contributed by atoms with E-state index in [-0.39, 0.29) is 30.7 Å². The highest BCUT2D eigenvalue weighted by Crippen LogP contribution is 2.13. The molecule has 0 spiro atoms. The molecule has 0 saturated carbocycles. The lowest BCUT2D eigenvalue weighted by Gasteiger charge is -2.08. The lowest BCUT2D eigenvalue weighted by Crippen LogP contribution is -2.15. The maximum Gasteiger partial charge on any atom is 0.305 e. The Labute approximate surface area is 236 Å². The molecule has 226 valence electrons. The SMILES string of the molecule is CCCCCCCCCCCC(=O)OCCOCCOCCOCCOCCOS(=O)(=O)c1ccc(C)cc1. The molecule has 0 saturated heterocycles. The molecule has 0 unspecified atom stereocenters. The highest BCUT2D eigenvalue weighted by molar-refractivity contribution is 7.86. The van der Waals surface area contributed by atoms with Crippen molar-refractivity contribution in [2.75, 3.05) is 66.1 Å². The van der Waals surface area contributed by atoms with Gasteiger partial charge in [0.2, 0.25) is 0 Å². The topological polar surface area (TPSA) is 107 Å². The van der Waals surface area contributed by atoms with Crippen LogP contribution in [-0.4, -0.2) is 80.5 Å². The van der Waals surface area contributed by atoms with Crippen molar-refractivity contribution in [1.82, 2.24) is 0 Å². The summed E-state index contributed by atoms with van der Waals surface area (Å²) in [5.74, 6) is -0.154. The van der Waals surface area contributed by atoms with Crippen LogP contribution < -0.4 is 0 Å².